The van der Waals surface area contributed by atoms with Crippen LogP contribution < -0.4 is 10.6 Å². The van der Waals surface area contributed by atoms with Crippen molar-refractivity contribution in [3.63, 3.8) is 0 Å². The van der Waals surface area contributed by atoms with E-state index in [1.165, 1.54) is 6.07 Å². The Kier molecular flexibility index (Phi) is 5.92. The van der Waals surface area contributed by atoms with Crippen molar-refractivity contribution in [2.24, 2.45) is 11.8 Å². The zero-order chi connectivity index (χ0) is 21.4. The molecule has 2 fully saturated rings. The number of rotatable bonds is 2. The van der Waals surface area contributed by atoms with E-state index in [4.69, 9.17) is 10.5 Å². The van der Waals surface area contributed by atoms with E-state index in [9.17, 15) is 18.0 Å². The average molecular weight is 413 g/mol. The maximum atomic E-state index is 14.9. The van der Waals surface area contributed by atoms with Crippen LogP contribution in [-0.2, 0) is 4.74 Å². The number of carbonyl (C=O) groups is 1. The second kappa shape index (κ2) is 7.95. The Morgan fingerprint density at radius 3 is 2.38 bits per heavy atom. The normalized spacial score (nSPS) is 23.2. The highest BCUT2D eigenvalue weighted by Crippen LogP contribution is 2.42. The number of halogens is 3. The van der Waals surface area contributed by atoms with Crippen molar-refractivity contribution in [1.29, 1.82) is 0 Å². The number of ether oxygens (including phenoxy) is 1. The van der Waals surface area contributed by atoms with Crippen molar-refractivity contribution < 1.29 is 22.7 Å². The molecule has 29 heavy (non-hydrogen) atoms. The first-order valence-electron chi connectivity index (χ1n) is 10.1. The van der Waals surface area contributed by atoms with Crippen LogP contribution in [0, 0.1) is 17.7 Å². The summed E-state index contributed by atoms with van der Waals surface area (Å²) in [5, 5.41) is 0. The molecule has 0 saturated carbocycles. The molecule has 2 N–H and O–H groups in total. The Morgan fingerprint density at radius 2 is 1.83 bits per heavy atom. The van der Waals surface area contributed by atoms with Crippen LogP contribution in [0.3, 0.4) is 0 Å². The van der Waals surface area contributed by atoms with E-state index in [1.54, 1.807) is 32.9 Å². The van der Waals surface area contributed by atoms with Gasteiger partial charge >= 0.3 is 6.09 Å². The van der Waals surface area contributed by atoms with Gasteiger partial charge in [-0.3, -0.25) is 0 Å². The summed E-state index contributed by atoms with van der Waals surface area (Å²) in [4.78, 5) is 15.2. The number of carbonyl (C=O) groups excluding carboxylic acids is 1. The molecule has 162 valence electrons. The molecule has 1 atom stereocenters. The number of likely N-dealkylation sites (tertiary alicyclic amines) is 1. The molecule has 1 unspecified atom stereocenters. The van der Waals surface area contributed by atoms with Gasteiger partial charge in [-0.2, -0.15) is 0 Å². The van der Waals surface area contributed by atoms with Crippen LogP contribution in [0.25, 0.3) is 0 Å². The lowest BCUT2D eigenvalue weighted by Crippen LogP contribution is -2.54. The van der Waals surface area contributed by atoms with Gasteiger partial charge in [0.2, 0.25) is 0 Å². The molecule has 2 aliphatic heterocycles. The van der Waals surface area contributed by atoms with Gasteiger partial charge in [0.1, 0.15) is 11.4 Å². The first-order valence-corrected chi connectivity index (χ1v) is 10.1. The minimum atomic E-state index is -2.96. The molecule has 0 spiro atoms. The molecule has 1 amide bonds. The van der Waals surface area contributed by atoms with Crippen molar-refractivity contribution >= 4 is 17.5 Å². The monoisotopic (exact) mass is 413 g/mol. The van der Waals surface area contributed by atoms with Crippen molar-refractivity contribution in [2.75, 3.05) is 36.8 Å². The van der Waals surface area contributed by atoms with Crippen molar-refractivity contribution in [2.45, 2.75) is 51.6 Å². The first kappa shape index (κ1) is 21.6. The van der Waals surface area contributed by atoms with Crippen LogP contribution in [0.4, 0.5) is 29.3 Å². The largest absolute Gasteiger partial charge is 0.444 e. The maximum Gasteiger partial charge on any atom is 0.410 e. The molecule has 1 aromatic carbocycles. The second-order valence-corrected chi connectivity index (χ2v) is 9.09. The minimum Gasteiger partial charge on any atom is -0.444 e. The van der Waals surface area contributed by atoms with Crippen LogP contribution in [0.2, 0.25) is 0 Å². The van der Waals surface area contributed by atoms with Gasteiger partial charge in [0.15, 0.2) is 0 Å². The van der Waals surface area contributed by atoms with E-state index in [0.717, 1.165) is 4.90 Å². The van der Waals surface area contributed by atoms with Gasteiger partial charge in [0, 0.05) is 31.2 Å². The standard InChI is InChI=1S/C21H30F3N3O2/c1-20(2,3)29-19(28)27-11-8-16(21(23,24)13-27)14-6-9-26(10-7-14)18-5-4-15(25)12-17(18)22/h4-5,12,14,16H,6-11,13,25H2,1-3H3. The average Bonchev–Trinajstić information content (AvgIpc) is 2.60. The van der Waals surface area contributed by atoms with Crippen molar-refractivity contribution in [3.8, 4) is 0 Å². The SMILES string of the molecule is CC(C)(C)OC(=O)N1CCC(C2CCN(c3ccc(N)cc3F)CC2)C(F)(F)C1. The first-order chi connectivity index (χ1) is 13.5. The van der Waals surface area contributed by atoms with Gasteiger partial charge in [-0.25, -0.2) is 18.0 Å². The predicted octanol–water partition coefficient (Wildman–Crippen LogP) is 4.52. The highest BCUT2D eigenvalue weighted by Gasteiger charge is 2.50. The van der Waals surface area contributed by atoms with Crippen LogP contribution in [0.5, 0.6) is 0 Å². The van der Waals surface area contributed by atoms with E-state index >= 15 is 0 Å². The number of anilines is 2. The Balaban J connectivity index is 1.59. The maximum absolute atomic E-state index is 14.9. The molecule has 5 nitrogen and oxygen atoms in total. The molecule has 2 aliphatic rings. The molecular weight excluding hydrogens is 383 g/mol. The summed E-state index contributed by atoms with van der Waals surface area (Å²) in [6.07, 6.45) is 0.685. The molecule has 0 aromatic heterocycles. The summed E-state index contributed by atoms with van der Waals surface area (Å²) in [5.41, 5.74) is 5.70. The molecular formula is C21H30F3N3O2. The Hall–Kier alpha value is -2.12. The zero-order valence-corrected chi connectivity index (χ0v) is 17.3. The third-order valence-corrected chi connectivity index (χ3v) is 5.73. The summed E-state index contributed by atoms with van der Waals surface area (Å²) in [6, 6.07) is 4.56. The zero-order valence-electron chi connectivity index (χ0n) is 17.3. The van der Waals surface area contributed by atoms with Gasteiger partial charge in [0.25, 0.3) is 5.92 Å². The molecule has 0 aliphatic carbocycles. The number of benzene rings is 1. The van der Waals surface area contributed by atoms with E-state index in [1.807, 2.05) is 4.90 Å². The topological polar surface area (TPSA) is 58.8 Å². The molecule has 0 bridgehead atoms. The van der Waals surface area contributed by atoms with Crippen molar-refractivity contribution in [1.82, 2.24) is 4.90 Å². The molecule has 3 rings (SSSR count). The Labute approximate surface area is 170 Å². The number of amides is 1. The Bertz CT molecular complexity index is 743. The fourth-order valence-electron chi connectivity index (χ4n) is 4.34. The lowest BCUT2D eigenvalue weighted by molar-refractivity contribution is -0.130. The lowest BCUT2D eigenvalue weighted by Gasteiger charge is -2.44. The van der Waals surface area contributed by atoms with Crippen molar-refractivity contribution in [3.05, 3.63) is 24.0 Å². The fourth-order valence-corrected chi connectivity index (χ4v) is 4.34. The number of nitrogens with two attached hydrogens (primary N) is 1. The third kappa shape index (κ3) is 5.08. The van der Waals surface area contributed by atoms with Gasteiger partial charge in [-0.15, -0.1) is 0 Å². The van der Waals surface area contributed by atoms with Gasteiger partial charge in [0.05, 0.1) is 12.2 Å². The van der Waals surface area contributed by atoms with Crippen LogP contribution in [0.1, 0.15) is 40.0 Å². The molecule has 0 radical (unpaired) electrons. The lowest BCUT2D eigenvalue weighted by atomic mass is 9.76. The molecule has 1 aromatic rings. The quantitative estimate of drug-likeness (QED) is 0.725. The summed E-state index contributed by atoms with van der Waals surface area (Å²) < 4.78 is 49.2. The third-order valence-electron chi connectivity index (χ3n) is 5.73. The van der Waals surface area contributed by atoms with Crippen LogP contribution in [0.15, 0.2) is 18.2 Å². The number of piperidine rings is 2. The smallest absolute Gasteiger partial charge is 0.410 e. The summed E-state index contributed by atoms with van der Waals surface area (Å²) >= 11 is 0. The molecule has 2 heterocycles. The Morgan fingerprint density at radius 1 is 1.17 bits per heavy atom. The van der Waals surface area contributed by atoms with Crippen LogP contribution in [-0.4, -0.2) is 48.7 Å². The molecule has 8 heteroatoms. The van der Waals surface area contributed by atoms with E-state index in [-0.39, 0.29) is 24.7 Å². The highest BCUT2D eigenvalue weighted by molar-refractivity contribution is 5.68. The number of hydrogen-bond acceptors (Lipinski definition) is 4. The van der Waals surface area contributed by atoms with E-state index < -0.39 is 30.1 Å². The number of hydrogen-bond donors (Lipinski definition) is 1. The van der Waals surface area contributed by atoms with Crippen LogP contribution >= 0.6 is 0 Å². The molecule has 2 saturated heterocycles. The predicted molar refractivity (Wildman–Crippen MR) is 107 cm³/mol. The highest BCUT2D eigenvalue weighted by atomic mass is 19.3. The van der Waals surface area contributed by atoms with Gasteiger partial charge < -0.3 is 20.3 Å². The minimum absolute atomic E-state index is 0.154. The van der Waals surface area contributed by atoms with E-state index in [0.29, 0.717) is 37.3 Å². The second-order valence-electron chi connectivity index (χ2n) is 9.09. The fraction of sp³-hybridized carbons (Fsp3) is 0.667. The summed E-state index contributed by atoms with van der Waals surface area (Å²) in [6.45, 7) is 5.84. The number of nitrogens with zero attached hydrogens (tertiary/aromatic N) is 2. The van der Waals surface area contributed by atoms with Gasteiger partial charge in [-0.05, 0) is 64.2 Å². The number of alkyl halides is 2. The summed E-state index contributed by atoms with van der Waals surface area (Å²) in [5.74, 6) is -4.29. The summed E-state index contributed by atoms with van der Waals surface area (Å²) in [7, 11) is 0. The van der Waals surface area contributed by atoms with Gasteiger partial charge in [-0.1, -0.05) is 0 Å². The number of nitrogen functional groups attached to an aromatic ring is 1. The van der Waals surface area contributed by atoms with E-state index in [2.05, 4.69) is 0 Å².